The molecule has 0 saturated carbocycles. The summed E-state index contributed by atoms with van der Waals surface area (Å²) in [5.74, 6) is 0.923. The number of unbranched alkanes of at least 4 members (excludes halogenated alkanes) is 33. The summed E-state index contributed by atoms with van der Waals surface area (Å²) in [5, 5.41) is 10.6. The molecule has 19 heteroatoms. The Hall–Kier alpha value is -1.94. The van der Waals surface area contributed by atoms with Crippen molar-refractivity contribution in [2.75, 3.05) is 39.6 Å². The van der Waals surface area contributed by atoms with Crippen LogP contribution in [-0.4, -0.2) is 96.7 Å². The summed E-state index contributed by atoms with van der Waals surface area (Å²) in [6.07, 6.45) is 44.3. The van der Waals surface area contributed by atoms with E-state index in [2.05, 4.69) is 55.4 Å². The quantitative estimate of drug-likeness (QED) is 0.0222. The van der Waals surface area contributed by atoms with Gasteiger partial charge in [-0.15, -0.1) is 0 Å². The van der Waals surface area contributed by atoms with Crippen LogP contribution in [0.25, 0.3) is 0 Å². The van der Waals surface area contributed by atoms with Crippen LogP contribution in [0.15, 0.2) is 0 Å². The molecule has 0 radical (unpaired) electrons. The van der Waals surface area contributed by atoms with E-state index in [0.717, 1.165) is 120 Å². The third-order valence-corrected chi connectivity index (χ3v) is 19.2. The highest BCUT2D eigenvalue weighted by molar-refractivity contribution is 7.47. The van der Waals surface area contributed by atoms with E-state index in [1.54, 1.807) is 0 Å². The fourth-order valence-electron chi connectivity index (χ4n) is 10.8. The summed E-state index contributed by atoms with van der Waals surface area (Å²) in [6.45, 7) is 14.1. The van der Waals surface area contributed by atoms with Crippen LogP contribution in [0.3, 0.4) is 0 Å². The van der Waals surface area contributed by atoms with E-state index in [0.29, 0.717) is 25.7 Å². The van der Waals surface area contributed by atoms with E-state index in [4.69, 9.17) is 37.0 Å². The molecule has 0 amide bonds. The van der Waals surface area contributed by atoms with E-state index in [-0.39, 0.29) is 25.7 Å². The highest BCUT2D eigenvalue weighted by Crippen LogP contribution is 2.45. The Bertz CT molecular complexity index is 1800. The standard InChI is InChI=1S/C72H140O17P2/c1-9-64(7)50-42-34-26-22-23-27-36-44-52-69(74)82-58-67(88-71(76)54-46-38-28-20-16-12-11-14-18-24-32-40-48-62(3)4)60-86-90(78,79)84-56-66(73)57-85-91(80,81)87-61-68(59-83-70(75)53-45-37-31-30-35-43-51-65(8)10-2)89-72(77)55-47-39-29-21-17-13-15-19-25-33-41-49-63(5)6/h62-68,73H,9-61H2,1-8H3,(H,78,79)(H,80,81)/t64?,65?,66-,67-,68-/m1/s1. The van der Waals surface area contributed by atoms with Gasteiger partial charge in [-0.25, -0.2) is 9.13 Å². The van der Waals surface area contributed by atoms with Crippen molar-refractivity contribution in [3.8, 4) is 0 Å². The van der Waals surface area contributed by atoms with Gasteiger partial charge in [0.1, 0.15) is 19.3 Å². The van der Waals surface area contributed by atoms with E-state index in [9.17, 15) is 43.2 Å². The second kappa shape index (κ2) is 61.6. The Morgan fingerprint density at radius 2 is 0.527 bits per heavy atom. The van der Waals surface area contributed by atoms with Crippen molar-refractivity contribution >= 4 is 39.5 Å². The predicted molar refractivity (Wildman–Crippen MR) is 367 cm³/mol. The Balaban J connectivity index is 5.27. The summed E-state index contributed by atoms with van der Waals surface area (Å²) in [6, 6.07) is 0. The summed E-state index contributed by atoms with van der Waals surface area (Å²) in [7, 11) is -9.91. The lowest BCUT2D eigenvalue weighted by molar-refractivity contribution is -0.161. The number of phosphoric ester groups is 2. The van der Waals surface area contributed by atoms with Crippen molar-refractivity contribution < 1.29 is 80.2 Å². The predicted octanol–water partition coefficient (Wildman–Crippen LogP) is 20.5. The highest BCUT2D eigenvalue weighted by Gasteiger charge is 2.30. The van der Waals surface area contributed by atoms with E-state index >= 15 is 0 Å². The fourth-order valence-corrected chi connectivity index (χ4v) is 12.4. The van der Waals surface area contributed by atoms with E-state index in [1.807, 2.05) is 0 Å². The topological polar surface area (TPSA) is 237 Å². The lowest BCUT2D eigenvalue weighted by Gasteiger charge is -2.21. The minimum atomic E-state index is -4.95. The molecule has 540 valence electrons. The molecule has 0 spiro atoms. The Labute approximate surface area is 556 Å². The lowest BCUT2D eigenvalue weighted by Crippen LogP contribution is -2.30. The van der Waals surface area contributed by atoms with Gasteiger partial charge in [0, 0.05) is 25.7 Å². The molecule has 0 aromatic rings. The number of carbonyl (C=O) groups excluding carboxylic acids is 4. The molecule has 0 heterocycles. The number of phosphoric acid groups is 2. The van der Waals surface area contributed by atoms with Gasteiger partial charge >= 0.3 is 39.5 Å². The molecule has 17 nitrogen and oxygen atoms in total. The number of esters is 4. The first kappa shape index (κ1) is 89.1. The van der Waals surface area contributed by atoms with Gasteiger partial charge < -0.3 is 33.8 Å². The third kappa shape index (κ3) is 63.9. The molecule has 0 fully saturated rings. The molecule has 7 atom stereocenters. The number of aliphatic hydroxyl groups is 1. The van der Waals surface area contributed by atoms with Crippen molar-refractivity contribution in [2.45, 2.75) is 375 Å². The lowest BCUT2D eigenvalue weighted by atomic mass is 9.99. The summed E-state index contributed by atoms with van der Waals surface area (Å²) < 4.78 is 68.4. The Morgan fingerprint density at radius 1 is 0.308 bits per heavy atom. The van der Waals surface area contributed by atoms with Crippen LogP contribution in [0.1, 0.15) is 357 Å². The number of carbonyl (C=O) groups is 4. The van der Waals surface area contributed by atoms with Crippen LogP contribution in [0, 0.1) is 23.7 Å². The van der Waals surface area contributed by atoms with Crippen molar-refractivity contribution in [2.24, 2.45) is 23.7 Å². The van der Waals surface area contributed by atoms with Crippen molar-refractivity contribution in [1.29, 1.82) is 0 Å². The normalized spacial score (nSPS) is 14.8. The zero-order chi connectivity index (χ0) is 67.5. The van der Waals surface area contributed by atoms with Gasteiger partial charge in [-0.05, 0) is 49.4 Å². The number of aliphatic hydroxyl groups excluding tert-OH is 1. The molecular formula is C72H140O17P2. The summed E-state index contributed by atoms with van der Waals surface area (Å²) in [5.41, 5.74) is 0. The molecule has 0 saturated heterocycles. The third-order valence-electron chi connectivity index (χ3n) is 17.3. The van der Waals surface area contributed by atoms with Crippen LogP contribution in [0.2, 0.25) is 0 Å². The van der Waals surface area contributed by atoms with Gasteiger partial charge in [0.05, 0.1) is 26.4 Å². The molecule has 4 unspecified atom stereocenters. The van der Waals surface area contributed by atoms with Gasteiger partial charge in [-0.2, -0.15) is 0 Å². The molecule has 0 aromatic heterocycles. The van der Waals surface area contributed by atoms with Crippen LogP contribution in [0.5, 0.6) is 0 Å². The molecule has 0 aliphatic heterocycles. The van der Waals surface area contributed by atoms with Crippen LogP contribution >= 0.6 is 15.6 Å². The Morgan fingerprint density at radius 3 is 0.780 bits per heavy atom. The maximum Gasteiger partial charge on any atom is 0.472 e. The summed E-state index contributed by atoms with van der Waals surface area (Å²) >= 11 is 0. The van der Waals surface area contributed by atoms with Crippen LogP contribution < -0.4 is 0 Å². The first-order chi connectivity index (χ1) is 43.7. The molecule has 0 aliphatic rings. The van der Waals surface area contributed by atoms with Gasteiger partial charge in [-0.3, -0.25) is 37.3 Å². The zero-order valence-corrected chi connectivity index (χ0v) is 61.3. The van der Waals surface area contributed by atoms with E-state index in [1.165, 1.54) is 154 Å². The largest absolute Gasteiger partial charge is 0.472 e. The second-order valence-corrected chi connectivity index (χ2v) is 30.3. The summed E-state index contributed by atoms with van der Waals surface area (Å²) in [4.78, 5) is 72.6. The molecule has 0 rings (SSSR count). The molecule has 0 aromatic carbocycles. The van der Waals surface area contributed by atoms with Gasteiger partial charge in [0.25, 0.3) is 0 Å². The molecule has 3 N–H and O–H groups in total. The van der Waals surface area contributed by atoms with Crippen molar-refractivity contribution in [3.05, 3.63) is 0 Å². The van der Waals surface area contributed by atoms with Crippen LogP contribution in [-0.2, 0) is 65.4 Å². The monoisotopic (exact) mass is 1340 g/mol. The number of ether oxygens (including phenoxy) is 4. The average molecular weight is 1340 g/mol. The number of hydrogen-bond acceptors (Lipinski definition) is 15. The Kier molecular flexibility index (Phi) is 60.3. The molecular weight excluding hydrogens is 1200 g/mol. The maximum absolute atomic E-state index is 13.0. The molecule has 0 bridgehead atoms. The fraction of sp³-hybridized carbons (Fsp3) is 0.944. The van der Waals surface area contributed by atoms with E-state index < -0.39 is 97.5 Å². The number of rotatable bonds is 69. The SMILES string of the molecule is CCC(C)CCCCCCCCCCC(=O)OC[C@H](COP(=O)(O)OC[C@@H](O)COP(=O)(O)OC[C@@H](COC(=O)CCCCCCCCC(C)CC)OC(=O)CCCCCCCCCCCCCC(C)C)OC(=O)CCCCCCCCCCCCCCC(C)C. The van der Waals surface area contributed by atoms with Gasteiger partial charge in [0.15, 0.2) is 12.2 Å². The minimum absolute atomic E-state index is 0.105. The van der Waals surface area contributed by atoms with Gasteiger partial charge in [0.2, 0.25) is 0 Å². The van der Waals surface area contributed by atoms with Gasteiger partial charge in [-0.1, -0.05) is 306 Å². The first-order valence-corrected chi connectivity index (χ1v) is 40.3. The van der Waals surface area contributed by atoms with Crippen molar-refractivity contribution in [3.63, 3.8) is 0 Å². The van der Waals surface area contributed by atoms with Crippen LogP contribution in [0.4, 0.5) is 0 Å². The number of hydrogen-bond donors (Lipinski definition) is 3. The average Bonchev–Trinajstić information content (AvgIpc) is 3.67. The van der Waals surface area contributed by atoms with Crippen molar-refractivity contribution in [1.82, 2.24) is 0 Å². The second-order valence-electron chi connectivity index (χ2n) is 27.4. The smallest absolute Gasteiger partial charge is 0.462 e. The molecule has 0 aliphatic carbocycles. The minimum Gasteiger partial charge on any atom is -0.462 e. The highest BCUT2D eigenvalue weighted by atomic mass is 31.2. The maximum atomic E-state index is 13.0. The first-order valence-electron chi connectivity index (χ1n) is 37.3. The molecule has 91 heavy (non-hydrogen) atoms. The zero-order valence-electron chi connectivity index (χ0n) is 59.5.